The van der Waals surface area contributed by atoms with Gasteiger partial charge >= 0.3 is 0 Å². The van der Waals surface area contributed by atoms with Crippen molar-refractivity contribution in [1.82, 2.24) is 10.2 Å². The maximum atomic E-state index is 12.5. The lowest BCUT2D eigenvalue weighted by molar-refractivity contribution is -0.130. The normalized spacial score (nSPS) is 45.5. The number of ether oxygens (including phenoxy) is 1. The van der Waals surface area contributed by atoms with Gasteiger partial charge in [-0.2, -0.15) is 0 Å². The number of nitrogens with one attached hydrogen (secondary N) is 1. The molecule has 1 amide bonds. The van der Waals surface area contributed by atoms with Gasteiger partial charge in [0.15, 0.2) is 0 Å². The fraction of sp³-hybridized carbons (Fsp3) is 0.886. The molecule has 6 rings (SSSR count). The van der Waals surface area contributed by atoms with Crippen LogP contribution in [-0.4, -0.2) is 54.0 Å². The predicted molar refractivity (Wildman–Crippen MR) is 160 cm³/mol. The maximum absolute atomic E-state index is 12.5. The first-order valence-electron chi connectivity index (χ1n) is 16.7. The van der Waals surface area contributed by atoms with Gasteiger partial charge in [-0.15, -0.1) is 0 Å². The van der Waals surface area contributed by atoms with Crippen LogP contribution in [0.5, 0.6) is 0 Å². The Bertz CT molecular complexity index is 1060. The molecule has 1 N–H and O–H groups in total. The van der Waals surface area contributed by atoms with Crippen LogP contribution in [0, 0.1) is 46.3 Å². The summed E-state index contributed by atoms with van der Waals surface area (Å²) in [7, 11) is 0. The fourth-order valence-electron chi connectivity index (χ4n) is 10.8. The van der Waals surface area contributed by atoms with E-state index >= 15 is 0 Å². The van der Waals surface area contributed by atoms with Gasteiger partial charge in [0.2, 0.25) is 5.91 Å². The van der Waals surface area contributed by atoms with Gasteiger partial charge in [-0.25, -0.2) is 0 Å². The number of rotatable bonds is 3. The van der Waals surface area contributed by atoms with E-state index in [1.807, 2.05) is 20.8 Å². The molecule has 0 radical (unpaired) electrons. The van der Waals surface area contributed by atoms with Crippen molar-refractivity contribution in [3.63, 3.8) is 0 Å². The van der Waals surface area contributed by atoms with E-state index in [0.29, 0.717) is 47.6 Å². The van der Waals surface area contributed by atoms with Gasteiger partial charge in [0.05, 0.1) is 11.7 Å². The van der Waals surface area contributed by atoms with Gasteiger partial charge in [0.25, 0.3) is 0 Å². The summed E-state index contributed by atoms with van der Waals surface area (Å²) in [5.41, 5.74) is 3.37. The van der Waals surface area contributed by atoms with Gasteiger partial charge in [-0.1, -0.05) is 52.7 Å². The van der Waals surface area contributed by atoms with E-state index in [4.69, 9.17) is 4.74 Å². The van der Waals surface area contributed by atoms with Crippen LogP contribution in [0.25, 0.3) is 0 Å². The molecule has 0 aromatic carbocycles. The molecule has 0 aromatic rings. The molecule has 10 atom stereocenters. The lowest BCUT2D eigenvalue weighted by Gasteiger charge is -2.52. The maximum Gasteiger partial charge on any atom is 0.225 e. The van der Waals surface area contributed by atoms with Crippen LogP contribution in [-0.2, 0) is 14.3 Å². The van der Waals surface area contributed by atoms with E-state index in [1.165, 1.54) is 32.1 Å². The molecule has 0 aromatic heterocycles. The predicted octanol–water partition coefficient (Wildman–Crippen LogP) is 6.55. The van der Waals surface area contributed by atoms with Crippen molar-refractivity contribution < 1.29 is 14.3 Å². The molecule has 1 spiro atoms. The minimum Gasteiger partial charge on any atom is -0.369 e. The third-order valence-corrected chi connectivity index (χ3v) is 13.0. The highest BCUT2D eigenvalue weighted by atomic mass is 16.5. The van der Waals surface area contributed by atoms with Crippen molar-refractivity contribution in [2.75, 3.05) is 19.6 Å². The Kier molecular flexibility index (Phi) is 7.38. The Morgan fingerprint density at radius 1 is 1.12 bits per heavy atom. The average molecular weight is 553 g/mol. The van der Waals surface area contributed by atoms with Crippen LogP contribution in [0.3, 0.4) is 0 Å². The van der Waals surface area contributed by atoms with Gasteiger partial charge in [0.1, 0.15) is 5.78 Å². The van der Waals surface area contributed by atoms with Gasteiger partial charge in [-0.05, 0) is 93.3 Å². The molecule has 40 heavy (non-hydrogen) atoms. The fourth-order valence-corrected chi connectivity index (χ4v) is 10.8. The molecular formula is C35H56N2O3. The Hall–Kier alpha value is -1.20. The second-order valence-corrected chi connectivity index (χ2v) is 16.5. The first-order valence-corrected chi connectivity index (χ1v) is 16.7. The van der Waals surface area contributed by atoms with Crippen LogP contribution in [0.15, 0.2) is 11.1 Å². The van der Waals surface area contributed by atoms with E-state index in [2.05, 4.69) is 37.9 Å². The molecule has 5 fully saturated rings. The summed E-state index contributed by atoms with van der Waals surface area (Å²) >= 11 is 0. The van der Waals surface area contributed by atoms with Crippen LogP contribution in [0.2, 0.25) is 0 Å². The van der Waals surface area contributed by atoms with E-state index < -0.39 is 0 Å². The van der Waals surface area contributed by atoms with Crippen molar-refractivity contribution in [1.29, 1.82) is 0 Å². The van der Waals surface area contributed by atoms with Crippen molar-refractivity contribution >= 4 is 11.7 Å². The summed E-state index contributed by atoms with van der Waals surface area (Å²) < 4.78 is 7.26. The number of likely N-dealkylation sites (tertiary alicyclic amines) is 1. The Morgan fingerprint density at radius 3 is 2.65 bits per heavy atom. The molecule has 4 aliphatic carbocycles. The zero-order valence-electron chi connectivity index (χ0n) is 26.5. The molecule has 3 saturated carbocycles. The first kappa shape index (κ1) is 28.9. The minimum absolute atomic E-state index is 0.0540. The number of allylic oxidation sites excluding steroid dienone is 1. The molecule has 5 nitrogen and oxygen atoms in total. The molecule has 2 heterocycles. The van der Waals surface area contributed by atoms with Crippen molar-refractivity contribution in [2.45, 2.75) is 130 Å². The smallest absolute Gasteiger partial charge is 0.225 e. The zero-order valence-corrected chi connectivity index (χ0v) is 26.5. The molecule has 6 aliphatic rings. The summed E-state index contributed by atoms with van der Waals surface area (Å²) in [5.74, 6) is 4.67. The number of ketones is 1. The lowest BCUT2D eigenvalue weighted by atomic mass is 9.52. The van der Waals surface area contributed by atoms with Crippen molar-refractivity contribution in [3.05, 3.63) is 11.1 Å². The first-order chi connectivity index (χ1) is 18.8. The summed E-state index contributed by atoms with van der Waals surface area (Å²) in [6, 6.07) is 0.445. The molecule has 3 unspecified atom stereocenters. The third-order valence-electron chi connectivity index (χ3n) is 13.0. The number of carbonyl (C=O) groups excluding carboxylic acids is 2. The standard InChI is InChI=1S/C35H56N2O3/c1-21-16-30-31(37(20-21)15-14-36-32(39)33(4,5)6)23(3)35(40-30)13-11-26-27-9-8-24-17-25(38)10-12-34(24,7)29(27)18-28(26)22(2)19-35/h21,23-24,26-27,29-31H,8-20H2,1-7H3,(H,36,39)/t21-,23+,24?,26-,27?,29-,30+,31-,34-,35?/m0/s1. The second-order valence-electron chi connectivity index (χ2n) is 16.5. The third kappa shape index (κ3) is 4.74. The number of piperidine rings is 1. The van der Waals surface area contributed by atoms with Crippen LogP contribution < -0.4 is 5.32 Å². The highest BCUT2D eigenvalue weighted by molar-refractivity contribution is 5.81. The Labute approximate surface area is 243 Å². The van der Waals surface area contributed by atoms with Gasteiger partial charge in [0, 0.05) is 49.9 Å². The van der Waals surface area contributed by atoms with Crippen molar-refractivity contribution in [2.24, 2.45) is 46.3 Å². The molecule has 0 bridgehead atoms. The topological polar surface area (TPSA) is 58.6 Å². The summed E-state index contributed by atoms with van der Waals surface area (Å²) in [6.45, 7) is 18.5. The number of carbonyl (C=O) groups is 2. The number of nitrogens with zero attached hydrogens (tertiary/aromatic N) is 1. The molecular weight excluding hydrogens is 496 g/mol. The number of hydrogen-bond acceptors (Lipinski definition) is 4. The zero-order chi connectivity index (χ0) is 28.6. The van der Waals surface area contributed by atoms with Crippen LogP contribution in [0.1, 0.15) is 113 Å². The monoisotopic (exact) mass is 552 g/mol. The SMILES string of the molecule is CC1=C2C[C@H]3C(CCC4CC(=O)CC[C@@]43C)[C@@H]2CCC2(C1)O[C@@H]1C[C@H](C)CN(CCNC(=O)C(C)(C)C)[C@H]1[C@H]2C. The number of Topliss-reactive ketones (excluding diaryl/α,β-unsaturated/α-hetero) is 1. The van der Waals surface area contributed by atoms with Crippen LogP contribution in [0.4, 0.5) is 0 Å². The Balaban J connectivity index is 1.19. The van der Waals surface area contributed by atoms with E-state index in [0.717, 1.165) is 62.9 Å². The van der Waals surface area contributed by atoms with Crippen molar-refractivity contribution in [3.8, 4) is 0 Å². The highest BCUT2D eigenvalue weighted by Crippen LogP contribution is 2.65. The minimum atomic E-state index is -0.348. The van der Waals surface area contributed by atoms with Gasteiger partial charge in [-0.3, -0.25) is 14.5 Å². The molecule has 5 heteroatoms. The average Bonchev–Trinajstić information content (AvgIpc) is 3.34. The van der Waals surface area contributed by atoms with Crippen LogP contribution >= 0.6 is 0 Å². The van der Waals surface area contributed by atoms with E-state index in [-0.39, 0.29) is 16.9 Å². The molecule has 224 valence electrons. The summed E-state index contributed by atoms with van der Waals surface area (Å²) in [4.78, 5) is 27.5. The quantitative estimate of drug-likeness (QED) is 0.403. The number of fused-ring (bicyclic) bond motifs is 6. The largest absolute Gasteiger partial charge is 0.369 e. The van der Waals surface area contributed by atoms with E-state index in [1.54, 1.807) is 11.1 Å². The molecule has 2 saturated heterocycles. The summed E-state index contributed by atoms with van der Waals surface area (Å²) in [5, 5.41) is 3.20. The number of hydrogen-bond donors (Lipinski definition) is 1. The second kappa shape index (κ2) is 10.2. The summed E-state index contributed by atoms with van der Waals surface area (Å²) in [6.07, 6.45) is 11.6. The lowest BCUT2D eigenvalue weighted by Crippen LogP contribution is -2.54. The van der Waals surface area contributed by atoms with E-state index in [9.17, 15) is 9.59 Å². The molecule has 2 aliphatic heterocycles. The number of amides is 1. The Morgan fingerprint density at radius 2 is 1.90 bits per heavy atom. The highest BCUT2D eigenvalue weighted by Gasteiger charge is 2.60. The van der Waals surface area contributed by atoms with Gasteiger partial charge < -0.3 is 10.1 Å².